The molecule has 4 nitrogen and oxygen atoms in total. The van der Waals surface area contributed by atoms with Crippen molar-refractivity contribution < 1.29 is 22.3 Å². The standard InChI is InChI=1S/C12H15F2NO3S/c1-8-5-11(14)12(6-10(8)13)19(17,18)15-4-2-3-9(16)7-15/h5-6,9,16H,2-4,7H2,1H3. The van der Waals surface area contributed by atoms with Crippen LogP contribution in [0, 0.1) is 18.6 Å². The highest BCUT2D eigenvalue weighted by Gasteiger charge is 2.32. The molecule has 1 aliphatic heterocycles. The number of β-amino-alcohol motifs (C(OH)–C–C–N with tert-alkyl or cyclic N) is 1. The zero-order valence-corrected chi connectivity index (χ0v) is 11.3. The maximum atomic E-state index is 13.7. The summed E-state index contributed by atoms with van der Waals surface area (Å²) < 4.78 is 52.6. The van der Waals surface area contributed by atoms with E-state index in [9.17, 15) is 22.3 Å². The van der Waals surface area contributed by atoms with E-state index in [1.54, 1.807) is 0 Å². The second-order valence-electron chi connectivity index (χ2n) is 4.69. The molecule has 1 saturated heterocycles. The van der Waals surface area contributed by atoms with Crippen LogP contribution in [0.1, 0.15) is 18.4 Å². The average molecular weight is 291 g/mol. The molecule has 19 heavy (non-hydrogen) atoms. The van der Waals surface area contributed by atoms with Crippen LogP contribution in [0.2, 0.25) is 0 Å². The summed E-state index contributed by atoms with van der Waals surface area (Å²) in [4.78, 5) is -0.676. The highest BCUT2D eigenvalue weighted by atomic mass is 32.2. The first kappa shape index (κ1) is 14.4. The zero-order chi connectivity index (χ0) is 14.2. The minimum absolute atomic E-state index is 0.0510. The number of hydrogen-bond donors (Lipinski definition) is 1. The number of hydrogen-bond acceptors (Lipinski definition) is 3. The van der Waals surface area contributed by atoms with Crippen molar-refractivity contribution in [3.8, 4) is 0 Å². The fraction of sp³-hybridized carbons (Fsp3) is 0.500. The van der Waals surface area contributed by atoms with Gasteiger partial charge in [-0.15, -0.1) is 0 Å². The molecule has 1 aliphatic rings. The molecular weight excluding hydrogens is 276 g/mol. The van der Waals surface area contributed by atoms with Gasteiger partial charge in [-0.25, -0.2) is 17.2 Å². The molecule has 1 aromatic rings. The Morgan fingerprint density at radius 2 is 2.00 bits per heavy atom. The van der Waals surface area contributed by atoms with E-state index in [1.165, 1.54) is 6.92 Å². The lowest BCUT2D eigenvalue weighted by atomic mass is 10.1. The molecule has 1 heterocycles. The second-order valence-corrected chi connectivity index (χ2v) is 6.60. The van der Waals surface area contributed by atoms with Crippen molar-refractivity contribution in [2.24, 2.45) is 0 Å². The Morgan fingerprint density at radius 1 is 1.32 bits per heavy atom. The van der Waals surface area contributed by atoms with E-state index in [0.717, 1.165) is 10.4 Å². The quantitative estimate of drug-likeness (QED) is 0.896. The number of aliphatic hydroxyl groups is 1. The molecule has 2 rings (SSSR count). The van der Waals surface area contributed by atoms with Gasteiger partial charge in [-0.05, 0) is 37.5 Å². The zero-order valence-electron chi connectivity index (χ0n) is 10.4. The van der Waals surface area contributed by atoms with Crippen LogP contribution in [0.4, 0.5) is 8.78 Å². The molecular formula is C12H15F2NO3S. The summed E-state index contributed by atoms with van der Waals surface area (Å²) in [5.74, 6) is -1.74. The first-order valence-corrected chi connectivity index (χ1v) is 7.40. The highest BCUT2D eigenvalue weighted by molar-refractivity contribution is 7.89. The van der Waals surface area contributed by atoms with Gasteiger partial charge in [0.15, 0.2) is 0 Å². The van der Waals surface area contributed by atoms with Crippen LogP contribution in [0.3, 0.4) is 0 Å². The van der Waals surface area contributed by atoms with Crippen molar-refractivity contribution in [2.45, 2.75) is 30.8 Å². The van der Waals surface area contributed by atoms with E-state index in [0.29, 0.717) is 18.9 Å². The number of aliphatic hydroxyl groups excluding tert-OH is 1. The van der Waals surface area contributed by atoms with Gasteiger partial charge >= 0.3 is 0 Å². The molecule has 1 N–H and O–H groups in total. The third kappa shape index (κ3) is 2.77. The van der Waals surface area contributed by atoms with Crippen LogP contribution in [0.15, 0.2) is 17.0 Å². The number of aryl methyl sites for hydroxylation is 1. The van der Waals surface area contributed by atoms with Crippen molar-refractivity contribution in [3.63, 3.8) is 0 Å². The summed E-state index contributed by atoms with van der Waals surface area (Å²) in [6, 6.07) is 1.56. The van der Waals surface area contributed by atoms with Gasteiger partial charge in [-0.1, -0.05) is 0 Å². The molecule has 7 heteroatoms. The topological polar surface area (TPSA) is 57.6 Å². The molecule has 106 valence electrons. The Kier molecular flexibility index (Phi) is 3.89. The van der Waals surface area contributed by atoms with Crippen LogP contribution in [-0.4, -0.2) is 37.0 Å². The molecule has 0 saturated carbocycles. The van der Waals surface area contributed by atoms with Gasteiger partial charge in [-0.3, -0.25) is 0 Å². The summed E-state index contributed by atoms with van der Waals surface area (Å²) >= 11 is 0. The summed E-state index contributed by atoms with van der Waals surface area (Å²) in [5, 5.41) is 9.48. The van der Waals surface area contributed by atoms with E-state index in [4.69, 9.17) is 0 Å². The third-order valence-corrected chi connectivity index (χ3v) is 5.07. The second kappa shape index (κ2) is 5.15. The molecule has 0 aromatic heterocycles. The van der Waals surface area contributed by atoms with Crippen molar-refractivity contribution in [3.05, 3.63) is 29.3 Å². The monoisotopic (exact) mass is 291 g/mol. The van der Waals surface area contributed by atoms with Crippen molar-refractivity contribution in [1.82, 2.24) is 4.31 Å². The number of benzene rings is 1. The Labute approximate surface area is 110 Å². The average Bonchev–Trinajstić information content (AvgIpc) is 2.33. The number of nitrogens with zero attached hydrogens (tertiary/aromatic N) is 1. The molecule has 1 fully saturated rings. The van der Waals surface area contributed by atoms with Crippen molar-refractivity contribution in [2.75, 3.05) is 13.1 Å². The van der Waals surface area contributed by atoms with Crippen LogP contribution in [0.5, 0.6) is 0 Å². The first-order chi connectivity index (χ1) is 8.82. The maximum absolute atomic E-state index is 13.7. The summed E-state index contributed by atoms with van der Waals surface area (Å²) in [6.07, 6.45) is 0.245. The van der Waals surface area contributed by atoms with Gasteiger partial charge in [-0.2, -0.15) is 4.31 Å². The number of rotatable bonds is 2. The highest BCUT2D eigenvalue weighted by Crippen LogP contribution is 2.25. The van der Waals surface area contributed by atoms with E-state index in [-0.39, 0.29) is 18.7 Å². The third-order valence-electron chi connectivity index (χ3n) is 3.19. The molecule has 0 aliphatic carbocycles. The molecule has 0 bridgehead atoms. The lowest BCUT2D eigenvalue weighted by Gasteiger charge is -2.29. The van der Waals surface area contributed by atoms with Gasteiger partial charge < -0.3 is 5.11 Å². The van der Waals surface area contributed by atoms with E-state index in [2.05, 4.69) is 0 Å². The number of piperidine rings is 1. The Balaban J connectivity index is 2.42. The van der Waals surface area contributed by atoms with E-state index in [1.807, 2.05) is 0 Å². The first-order valence-electron chi connectivity index (χ1n) is 5.96. The van der Waals surface area contributed by atoms with E-state index < -0.39 is 32.7 Å². The molecule has 0 spiro atoms. The Bertz CT molecular complexity index is 589. The molecule has 1 atom stereocenters. The van der Waals surface area contributed by atoms with E-state index >= 15 is 0 Å². The Hall–Kier alpha value is -1.05. The SMILES string of the molecule is Cc1cc(F)c(S(=O)(=O)N2CCCC(O)C2)cc1F. The van der Waals surface area contributed by atoms with Crippen LogP contribution in [0.25, 0.3) is 0 Å². The minimum Gasteiger partial charge on any atom is -0.392 e. The molecule has 0 amide bonds. The van der Waals surface area contributed by atoms with Crippen LogP contribution < -0.4 is 0 Å². The summed E-state index contributed by atoms with van der Waals surface area (Å²) in [5.41, 5.74) is 0.0510. The normalized spacial score (nSPS) is 21.6. The van der Waals surface area contributed by atoms with Crippen molar-refractivity contribution in [1.29, 1.82) is 0 Å². The van der Waals surface area contributed by atoms with Gasteiger partial charge in [0.05, 0.1) is 6.10 Å². The molecule has 0 radical (unpaired) electrons. The van der Waals surface area contributed by atoms with Crippen LogP contribution in [-0.2, 0) is 10.0 Å². The lowest BCUT2D eigenvalue weighted by molar-refractivity contribution is 0.108. The minimum atomic E-state index is -4.11. The number of halogens is 2. The fourth-order valence-corrected chi connectivity index (χ4v) is 3.68. The van der Waals surface area contributed by atoms with Gasteiger partial charge in [0.1, 0.15) is 16.5 Å². The van der Waals surface area contributed by atoms with Crippen molar-refractivity contribution >= 4 is 10.0 Å². The van der Waals surface area contributed by atoms with Crippen LogP contribution >= 0.6 is 0 Å². The molecule has 1 unspecified atom stereocenters. The summed E-state index contributed by atoms with van der Waals surface area (Å²) in [7, 11) is -4.11. The number of sulfonamides is 1. The van der Waals surface area contributed by atoms with Gasteiger partial charge in [0.25, 0.3) is 0 Å². The molecule has 1 aromatic carbocycles. The van der Waals surface area contributed by atoms with Gasteiger partial charge in [0.2, 0.25) is 10.0 Å². The summed E-state index contributed by atoms with van der Waals surface area (Å²) in [6.45, 7) is 1.48. The fourth-order valence-electron chi connectivity index (χ4n) is 2.10. The largest absolute Gasteiger partial charge is 0.392 e. The lowest BCUT2D eigenvalue weighted by Crippen LogP contribution is -2.42. The Morgan fingerprint density at radius 3 is 2.63 bits per heavy atom. The van der Waals surface area contributed by atoms with Gasteiger partial charge in [0, 0.05) is 13.1 Å². The predicted molar refractivity (Wildman–Crippen MR) is 65.1 cm³/mol. The predicted octanol–water partition coefficient (Wildman–Crippen LogP) is 1.42. The smallest absolute Gasteiger partial charge is 0.246 e. The maximum Gasteiger partial charge on any atom is 0.246 e.